The van der Waals surface area contributed by atoms with Gasteiger partial charge < -0.3 is 20.6 Å². The summed E-state index contributed by atoms with van der Waals surface area (Å²) in [6.45, 7) is 0. The summed E-state index contributed by atoms with van der Waals surface area (Å²) >= 11 is 0. The number of aromatic hydroxyl groups is 2. The van der Waals surface area contributed by atoms with Gasteiger partial charge in [0.15, 0.2) is 11.5 Å². The molecule has 4 N–H and O–H groups in total. The van der Waals surface area contributed by atoms with Gasteiger partial charge in [0.25, 0.3) is 0 Å². The molecule has 6 nitrogen and oxygen atoms in total. The number of phenolic OH excluding ortho intramolecular Hbond substituents is 2. The van der Waals surface area contributed by atoms with Crippen molar-refractivity contribution in [1.29, 1.82) is 0 Å². The van der Waals surface area contributed by atoms with Gasteiger partial charge in [-0.05, 0) is 17.7 Å². The Morgan fingerprint density at radius 1 is 1.32 bits per heavy atom. The van der Waals surface area contributed by atoms with Gasteiger partial charge in [0.05, 0.1) is 6.42 Å². The van der Waals surface area contributed by atoms with Crippen LogP contribution in [0.5, 0.6) is 11.5 Å². The molecule has 0 fully saturated rings. The first-order chi connectivity index (χ1) is 8.93. The second-order valence-corrected chi connectivity index (χ2v) is 3.87. The number of benzene rings is 1. The third-order valence-corrected chi connectivity index (χ3v) is 2.38. The standard InChI is InChI=1S/C13H13NO5/c1-2-3-12(17)14-9(13(18)19)6-8-4-5-10(15)11(16)7-8/h1,4-5,7,9,15-16H,3,6H2,(H,14,17)(H,18,19)/t9-/m0/s1. The number of rotatable bonds is 5. The van der Waals surface area contributed by atoms with E-state index in [1.807, 2.05) is 0 Å². The van der Waals surface area contributed by atoms with Crippen molar-refractivity contribution in [3.63, 3.8) is 0 Å². The van der Waals surface area contributed by atoms with Gasteiger partial charge in [0, 0.05) is 6.42 Å². The molecule has 1 aromatic rings. The van der Waals surface area contributed by atoms with Crippen LogP contribution in [0.4, 0.5) is 0 Å². The van der Waals surface area contributed by atoms with Crippen LogP contribution in [0.3, 0.4) is 0 Å². The van der Waals surface area contributed by atoms with Gasteiger partial charge >= 0.3 is 5.97 Å². The fourth-order valence-corrected chi connectivity index (χ4v) is 1.47. The quantitative estimate of drug-likeness (QED) is 0.449. The monoisotopic (exact) mass is 263 g/mol. The SMILES string of the molecule is C#CCC(=O)N[C@@H](Cc1ccc(O)c(O)c1)C(=O)O. The summed E-state index contributed by atoms with van der Waals surface area (Å²) in [5.74, 6) is -0.303. The molecule has 0 aliphatic heterocycles. The maximum absolute atomic E-state index is 11.3. The third kappa shape index (κ3) is 4.24. The summed E-state index contributed by atoms with van der Waals surface area (Å²) in [6.07, 6.45) is 4.72. The van der Waals surface area contributed by atoms with Crippen LogP contribution >= 0.6 is 0 Å². The molecule has 0 saturated heterocycles. The average Bonchev–Trinajstić information content (AvgIpc) is 2.33. The van der Waals surface area contributed by atoms with Crippen molar-refractivity contribution in [2.24, 2.45) is 0 Å². The van der Waals surface area contributed by atoms with Crippen LogP contribution in [0.1, 0.15) is 12.0 Å². The Morgan fingerprint density at radius 3 is 2.53 bits per heavy atom. The maximum atomic E-state index is 11.3. The number of hydrogen-bond donors (Lipinski definition) is 4. The predicted molar refractivity (Wildman–Crippen MR) is 66.5 cm³/mol. The Labute approximate surface area is 109 Å². The minimum Gasteiger partial charge on any atom is -0.504 e. The largest absolute Gasteiger partial charge is 0.504 e. The molecule has 100 valence electrons. The number of carbonyl (C=O) groups excluding carboxylic acids is 1. The zero-order valence-electron chi connectivity index (χ0n) is 9.96. The molecule has 0 aromatic heterocycles. The smallest absolute Gasteiger partial charge is 0.326 e. The van der Waals surface area contributed by atoms with Crippen LogP contribution in [0.15, 0.2) is 18.2 Å². The van der Waals surface area contributed by atoms with E-state index in [0.29, 0.717) is 5.56 Å². The fourth-order valence-electron chi connectivity index (χ4n) is 1.47. The number of amides is 1. The van der Waals surface area contributed by atoms with Crippen LogP contribution in [0.25, 0.3) is 0 Å². The molecule has 6 heteroatoms. The van der Waals surface area contributed by atoms with E-state index in [2.05, 4.69) is 11.2 Å². The Bertz CT molecular complexity index is 532. The van der Waals surface area contributed by atoms with Gasteiger partial charge in [-0.15, -0.1) is 6.42 Å². The summed E-state index contributed by atoms with van der Waals surface area (Å²) in [5.41, 5.74) is 0.462. The number of nitrogens with one attached hydrogen (secondary N) is 1. The summed E-state index contributed by atoms with van der Waals surface area (Å²) in [5, 5.41) is 29.7. The number of aliphatic carboxylic acids is 1. The maximum Gasteiger partial charge on any atom is 0.326 e. The number of carboxylic acids is 1. The number of hydrogen-bond acceptors (Lipinski definition) is 4. The van der Waals surface area contributed by atoms with E-state index in [-0.39, 0.29) is 24.3 Å². The molecular weight excluding hydrogens is 250 g/mol. The molecule has 0 unspecified atom stereocenters. The van der Waals surface area contributed by atoms with Gasteiger partial charge in [-0.3, -0.25) is 4.79 Å². The second kappa shape index (κ2) is 6.31. The normalized spacial score (nSPS) is 11.3. The van der Waals surface area contributed by atoms with Crippen LogP contribution in [0.2, 0.25) is 0 Å². The molecule has 0 radical (unpaired) electrons. The molecule has 1 amide bonds. The molecule has 19 heavy (non-hydrogen) atoms. The van der Waals surface area contributed by atoms with Gasteiger partial charge in [-0.1, -0.05) is 12.0 Å². The minimum absolute atomic E-state index is 0.0283. The molecule has 1 rings (SSSR count). The van der Waals surface area contributed by atoms with Crippen LogP contribution < -0.4 is 5.32 Å². The lowest BCUT2D eigenvalue weighted by Crippen LogP contribution is -2.42. The van der Waals surface area contributed by atoms with Crippen LogP contribution in [-0.2, 0) is 16.0 Å². The number of carbonyl (C=O) groups is 2. The Morgan fingerprint density at radius 2 is 2.00 bits per heavy atom. The Kier molecular flexibility index (Phi) is 4.77. The Balaban J connectivity index is 2.78. The van der Waals surface area contributed by atoms with Crippen molar-refractivity contribution >= 4 is 11.9 Å². The van der Waals surface area contributed by atoms with Crippen molar-refractivity contribution in [2.75, 3.05) is 0 Å². The lowest BCUT2D eigenvalue weighted by atomic mass is 10.1. The van der Waals surface area contributed by atoms with Gasteiger partial charge in [-0.25, -0.2) is 4.79 Å². The highest BCUT2D eigenvalue weighted by molar-refractivity contribution is 5.84. The number of phenols is 2. The molecule has 1 atom stereocenters. The van der Waals surface area contributed by atoms with Gasteiger partial charge in [0.1, 0.15) is 6.04 Å². The molecule has 0 bridgehead atoms. The van der Waals surface area contributed by atoms with E-state index in [4.69, 9.17) is 16.6 Å². The summed E-state index contributed by atoms with van der Waals surface area (Å²) in [6, 6.07) is 2.79. The molecule has 1 aromatic carbocycles. The third-order valence-electron chi connectivity index (χ3n) is 2.38. The molecule has 0 heterocycles. The van der Waals surface area contributed by atoms with Crippen molar-refractivity contribution in [3.05, 3.63) is 23.8 Å². The molecule has 0 aliphatic rings. The van der Waals surface area contributed by atoms with Crippen molar-refractivity contribution in [1.82, 2.24) is 5.32 Å². The first-order valence-electron chi connectivity index (χ1n) is 5.40. The minimum atomic E-state index is -1.21. The highest BCUT2D eigenvalue weighted by Gasteiger charge is 2.20. The first kappa shape index (κ1) is 14.4. The zero-order valence-corrected chi connectivity index (χ0v) is 9.96. The number of carboxylic acid groups (broad SMARTS) is 1. The second-order valence-electron chi connectivity index (χ2n) is 3.87. The predicted octanol–water partition coefficient (Wildman–Crippen LogP) is 0.233. The number of terminal acetylenes is 1. The van der Waals surface area contributed by atoms with E-state index in [9.17, 15) is 14.7 Å². The van der Waals surface area contributed by atoms with Gasteiger partial charge in [0.2, 0.25) is 5.91 Å². The van der Waals surface area contributed by atoms with E-state index >= 15 is 0 Å². The highest BCUT2D eigenvalue weighted by Crippen LogP contribution is 2.25. The van der Waals surface area contributed by atoms with Crippen molar-refractivity contribution < 1.29 is 24.9 Å². The molecule has 0 aliphatic carbocycles. The topological polar surface area (TPSA) is 107 Å². The zero-order chi connectivity index (χ0) is 14.4. The molecule has 0 spiro atoms. The van der Waals surface area contributed by atoms with E-state index in [1.165, 1.54) is 18.2 Å². The average molecular weight is 263 g/mol. The van der Waals surface area contributed by atoms with Crippen molar-refractivity contribution in [3.8, 4) is 23.8 Å². The van der Waals surface area contributed by atoms with Gasteiger partial charge in [-0.2, -0.15) is 0 Å². The summed E-state index contributed by atoms with van der Waals surface area (Å²) < 4.78 is 0. The summed E-state index contributed by atoms with van der Waals surface area (Å²) in [4.78, 5) is 22.3. The Hall–Kier alpha value is -2.68. The van der Waals surface area contributed by atoms with Crippen molar-refractivity contribution in [2.45, 2.75) is 18.9 Å². The molecule has 0 saturated carbocycles. The lowest BCUT2D eigenvalue weighted by Gasteiger charge is -2.14. The van der Waals surface area contributed by atoms with E-state index in [1.54, 1.807) is 0 Å². The van der Waals surface area contributed by atoms with Crippen LogP contribution in [-0.4, -0.2) is 33.2 Å². The summed E-state index contributed by atoms with van der Waals surface area (Å²) in [7, 11) is 0. The molecular formula is C13H13NO5. The fraction of sp³-hybridized carbons (Fsp3) is 0.231. The lowest BCUT2D eigenvalue weighted by molar-refractivity contribution is -0.141. The highest BCUT2D eigenvalue weighted by atomic mass is 16.4. The van der Waals surface area contributed by atoms with E-state index in [0.717, 1.165) is 0 Å². The van der Waals surface area contributed by atoms with Crippen LogP contribution in [0, 0.1) is 12.3 Å². The van der Waals surface area contributed by atoms with E-state index < -0.39 is 17.9 Å². The first-order valence-corrected chi connectivity index (χ1v) is 5.40.